The molecule has 0 atom stereocenters. The highest BCUT2D eigenvalue weighted by atomic mass is 16.5. The predicted octanol–water partition coefficient (Wildman–Crippen LogP) is 1.11. The van der Waals surface area contributed by atoms with E-state index in [1.54, 1.807) is 19.4 Å². The van der Waals surface area contributed by atoms with Gasteiger partial charge in [0.1, 0.15) is 5.82 Å². The van der Waals surface area contributed by atoms with Gasteiger partial charge in [0.05, 0.1) is 11.6 Å². The maximum atomic E-state index is 8.91. The third kappa shape index (κ3) is 3.91. The van der Waals surface area contributed by atoms with Crippen LogP contribution < -0.4 is 4.90 Å². The lowest BCUT2D eigenvalue weighted by atomic mass is 10.2. The zero-order chi connectivity index (χ0) is 13.5. The van der Waals surface area contributed by atoms with E-state index in [0.717, 1.165) is 51.6 Å². The van der Waals surface area contributed by atoms with Gasteiger partial charge in [-0.3, -0.25) is 4.90 Å². The molecule has 1 aromatic heterocycles. The normalized spacial score (nSPS) is 16.3. The van der Waals surface area contributed by atoms with Gasteiger partial charge in [0.15, 0.2) is 0 Å². The van der Waals surface area contributed by atoms with Crippen LogP contribution in [0.2, 0.25) is 0 Å². The van der Waals surface area contributed by atoms with E-state index in [-0.39, 0.29) is 0 Å². The molecule has 2 rings (SSSR count). The molecule has 1 aliphatic heterocycles. The lowest BCUT2D eigenvalue weighted by Gasteiger charge is -2.35. The fourth-order valence-electron chi connectivity index (χ4n) is 2.29. The predicted molar refractivity (Wildman–Crippen MR) is 74.1 cm³/mol. The van der Waals surface area contributed by atoms with Crippen molar-refractivity contribution in [2.75, 3.05) is 51.3 Å². The summed E-state index contributed by atoms with van der Waals surface area (Å²) >= 11 is 0. The number of piperazine rings is 1. The number of nitrogens with zero attached hydrogens (tertiary/aromatic N) is 4. The first-order chi connectivity index (χ1) is 9.33. The number of hydrogen-bond donors (Lipinski definition) is 0. The molecule has 0 spiro atoms. The van der Waals surface area contributed by atoms with Crippen molar-refractivity contribution < 1.29 is 4.74 Å². The Morgan fingerprint density at radius 1 is 1.37 bits per heavy atom. The molecule has 1 aliphatic rings. The number of methoxy groups -OCH3 is 1. The number of anilines is 1. The Morgan fingerprint density at radius 3 is 2.84 bits per heavy atom. The first-order valence-corrected chi connectivity index (χ1v) is 6.66. The minimum absolute atomic E-state index is 0.674. The lowest BCUT2D eigenvalue weighted by molar-refractivity contribution is 0.169. The number of nitriles is 1. The third-order valence-electron chi connectivity index (χ3n) is 3.39. The second-order valence-electron chi connectivity index (χ2n) is 4.69. The van der Waals surface area contributed by atoms with Gasteiger partial charge in [-0.05, 0) is 18.6 Å². The highest BCUT2D eigenvalue weighted by molar-refractivity contribution is 5.45. The minimum atomic E-state index is 0.674. The van der Waals surface area contributed by atoms with E-state index in [1.165, 1.54) is 0 Å². The van der Waals surface area contributed by atoms with E-state index in [0.29, 0.717) is 5.56 Å². The van der Waals surface area contributed by atoms with Gasteiger partial charge in [0, 0.05) is 52.6 Å². The second-order valence-corrected chi connectivity index (χ2v) is 4.69. The zero-order valence-electron chi connectivity index (χ0n) is 11.4. The molecule has 1 saturated heterocycles. The molecular weight excluding hydrogens is 240 g/mol. The Kier molecular flexibility index (Phi) is 5.13. The Bertz CT molecular complexity index is 435. The van der Waals surface area contributed by atoms with Crippen molar-refractivity contribution in [1.29, 1.82) is 5.26 Å². The van der Waals surface area contributed by atoms with Crippen LogP contribution in [0.25, 0.3) is 0 Å². The Balaban J connectivity index is 1.84. The van der Waals surface area contributed by atoms with Crippen LogP contribution >= 0.6 is 0 Å². The van der Waals surface area contributed by atoms with E-state index < -0.39 is 0 Å². The van der Waals surface area contributed by atoms with Crippen molar-refractivity contribution in [3.8, 4) is 6.07 Å². The number of pyridine rings is 1. The average Bonchev–Trinajstić information content (AvgIpc) is 2.48. The first kappa shape index (κ1) is 13.8. The summed E-state index contributed by atoms with van der Waals surface area (Å²) in [4.78, 5) is 9.04. The molecule has 0 N–H and O–H groups in total. The molecule has 0 amide bonds. The van der Waals surface area contributed by atoms with Crippen LogP contribution in [0, 0.1) is 11.3 Å². The summed E-state index contributed by atoms with van der Waals surface area (Å²) in [5.41, 5.74) is 0.674. The van der Waals surface area contributed by atoms with Crippen molar-refractivity contribution in [3.63, 3.8) is 0 Å². The molecule has 0 bridgehead atoms. The smallest absolute Gasteiger partial charge is 0.129 e. The molecule has 5 heteroatoms. The average molecular weight is 260 g/mol. The fraction of sp³-hybridized carbons (Fsp3) is 0.571. The molecule has 102 valence electrons. The summed E-state index contributed by atoms with van der Waals surface area (Å²) in [7, 11) is 1.74. The molecular formula is C14H20N4O. The van der Waals surface area contributed by atoms with E-state index in [4.69, 9.17) is 10.00 Å². The van der Waals surface area contributed by atoms with E-state index in [9.17, 15) is 0 Å². The highest BCUT2D eigenvalue weighted by Gasteiger charge is 2.17. The lowest BCUT2D eigenvalue weighted by Crippen LogP contribution is -2.47. The monoisotopic (exact) mass is 260 g/mol. The van der Waals surface area contributed by atoms with Crippen LogP contribution in [0.15, 0.2) is 18.3 Å². The number of aromatic nitrogens is 1. The van der Waals surface area contributed by atoms with Gasteiger partial charge >= 0.3 is 0 Å². The van der Waals surface area contributed by atoms with Gasteiger partial charge in [-0.2, -0.15) is 5.26 Å². The Labute approximate surface area is 114 Å². The van der Waals surface area contributed by atoms with Gasteiger partial charge in [0.2, 0.25) is 0 Å². The van der Waals surface area contributed by atoms with Crippen LogP contribution in [0.3, 0.4) is 0 Å². The molecule has 0 aromatic carbocycles. The van der Waals surface area contributed by atoms with Crippen LogP contribution in [0.5, 0.6) is 0 Å². The van der Waals surface area contributed by atoms with E-state index >= 15 is 0 Å². The quantitative estimate of drug-likeness (QED) is 0.742. The molecule has 1 aromatic rings. The highest BCUT2D eigenvalue weighted by Crippen LogP contribution is 2.14. The standard InChI is InChI=1S/C14H20N4O/c1-19-10-2-5-17-6-8-18(9-7-17)14-11-13(12-15)3-4-16-14/h3-4,11H,2,5-10H2,1H3. The van der Waals surface area contributed by atoms with E-state index in [1.807, 2.05) is 6.07 Å². The van der Waals surface area contributed by atoms with Gasteiger partial charge in [-0.15, -0.1) is 0 Å². The zero-order valence-corrected chi connectivity index (χ0v) is 11.4. The van der Waals surface area contributed by atoms with Crippen molar-refractivity contribution in [2.45, 2.75) is 6.42 Å². The van der Waals surface area contributed by atoms with Crippen LogP contribution in [0.4, 0.5) is 5.82 Å². The van der Waals surface area contributed by atoms with Crippen LogP contribution in [-0.4, -0.2) is 56.3 Å². The molecule has 0 radical (unpaired) electrons. The van der Waals surface area contributed by atoms with Crippen molar-refractivity contribution in [1.82, 2.24) is 9.88 Å². The van der Waals surface area contributed by atoms with Crippen LogP contribution in [-0.2, 0) is 4.74 Å². The maximum Gasteiger partial charge on any atom is 0.129 e. The summed E-state index contributed by atoms with van der Waals surface area (Å²) in [5.74, 6) is 0.913. The topological polar surface area (TPSA) is 52.4 Å². The largest absolute Gasteiger partial charge is 0.385 e. The van der Waals surface area contributed by atoms with E-state index in [2.05, 4.69) is 20.9 Å². The molecule has 0 aliphatic carbocycles. The van der Waals surface area contributed by atoms with Crippen LogP contribution in [0.1, 0.15) is 12.0 Å². The number of ether oxygens (including phenoxy) is 1. The third-order valence-corrected chi connectivity index (χ3v) is 3.39. The molecule has 5 nitrogen and oxygen atoms in total. The molecule has 19 heavy (non-hydrogen) atoms. The summed E-state index contributed by atoms with van der Waals surface area (Å²) in [6, 6.07) is 5.76. The Morgan fingerprint density at radius 2 is 2.16 bits per heavy atom. The summed E-state index contributed by atoms with van der Waals surface area (Å²) in [6.45, 7) is 5.94. The number of hydrogen-bond acceptors (Lipinski definition) is 5. The van der Waals surface area contributed by atoms with Crippen molar-refractivity contribution >= 4 is 5.82 Å². The molecule has 0 saturated carbocycles. The maximum absolute atomic E-state index is 8.91. The number of rotatable bonds is 5. The molecule has 2 heterocycles. The first-order valence-electron chi connectivity index (χ1n) is 6.66. The minimum Gasteiger partial charge on any atom is -0.385 e. The van der Waals surface area contributed by atoms with Gasteiger partial charge in [-0.1, -0.05) is 0 Å². The SMILES string of the molecule is COCCCN1CCN(c2cc(C#N)ccn2)CC1. The van der Waals surface area contributed by atoms with Crippen molar-refractivity contribution in [3.05, 3.63) is 23.9 Å². The fourth-order valence-corrected chi connectivity index (χ4v) is 2.29. The van der Waals surface area contributed by atoms with Crippen molar-refractivity contribution in [2.24, 2.45) is 0 Å². The van der Waals surface area contributed by atoms with Gasteiger partial charge < -0.3 is 9.64 Å². The second kappa shape index (κ2) is 7.07. The summed E-state index contributed by atoms with van der Waals surface area (Å²) in [6.07, 6.45) is 2.79. The summed E-state index contributed by atoms with van der Waals surface area (Å²) in [5, 5.41) is 8.91. The molecule has 1 fully saturated rings. The van der Waals surface area contributed by atoms with Gasteiger partial charge in [0.25, 0.3) is 0 Å². The molecule has 0 unspecified atom stereocenters. The Hall–Kier alpha value is -1.64. The van der Waals surface area contributed by atoms with Gasteiger partial charge in [-0.25, -0.2) is 4.98 Å². The summed E-state index contributed by atoms with van der Waals surface area (Å²) < 4.78 is 5.07.